The molecular weight excluding hydrogens is 260 g/mol. The zero-order chi connectivity index (χ0) is 15.6. The molecule has 0 radical (unpaired) electrons. The Kier molecular flexibility index (Phi) is 9.59. The first-order valence-corrected chi connectivity index (χ1v) is 7.21. The number of aliphatic hydroxyl groups excluding tert-OH is 1. The van der Waals surface area contributed by atoms with Crippen molar-refractivity contribution in [2.45, 2.75) is 58.8 Å². The molecule has 5 heteroatoms. The number of rotatable bonds is 10. The molecule has 0 fully saturated rings. The molecule has 5 nitrogen and oxygen atoms in total. The molecule has 0 spiro atoms. The van der Waals surface area contributed by atoms with Crippen LogP contribution in [-0.4, -0.2) is 62.1 Å². The van der Waals surface area contributed by atoms with Crippen molar-refractivity contribution < 1.29 is 24.1 Å². The zero-order valence-corrected chi connectivity index (χ0v) is 13.9. The van der Waals surface area contributed by atoms with Gasteiger partial charge in [-0.15, -0.1) is 0 Å². The average molecular weight is 292 g/mol. The van der Waals surface area contributed by atoms with Gasteiger partial charge in [0.1, 0.15) is 6.10 Å². The van der Waals surface area contributed by atoms with Gasteiger partial charge in [-0.1, -0.05) is 0 Å². The molecule has 0 aromatic carbocycles. The Morgan fingerprint density at radius 2 is 1.05 bits per heavy atom. The topological polar surface area (TPSA) is 57.2 Å². The quantitative estimate of drug-likeness (QED) is 0.624. The number of hydrogen-bond donors (Lipinski definition) is 1. The second kappa shape index (κ2) is 9.68. The SMILES string of the molecule is CC(C)(C)OCCOCC(O)COCCOC(C)(C)C. The Hall–Kier alpha value is -0.200. The van der Waals surface area contributed by atoms with Crippen LogP contribution in [0.1, 0.15) is 41.5 Å². The lowest BCUT2D eigenvalue weighted by Gasteiger charge is -2.20. The lowest BCUT2D eigenvalue weighted by molar-refractivity contribution is -0.0715. The molecule has 0 aliphatic rings. The maximum Gasteiger partial charge on any atom is 0.101 e. The van der Waals surface area contributed by atoms with E-state index in [1.165, 1.54) is 0 Å². The molecule has 0 aliphatic carbocycles. The van der Waals surface area contributed by atoms with Crippen LogP contribution in [0.2, 0.25) is 0 Å². The number of ether oxygens (including phenoxy) is 4. The molecule has 0 atom stereocenters. The Labute approximate surface area is 123 Å². The highest BCUT2D eigenvalue weighted by Crippen LogP contribution is 2.06. The molecule has 0 aliphatic heterocycles. The first-order valence-electron chi connectivity index (χ1n) is 7.21. The van der Waals surface area contributed by atoms with Gasteiger partial charge in [0.25, 0.3) is 0 Å². The molecule has 0 heterocycles. The van der Waals surface area contributed by atoms with Crippen molar-refractivity contribution in [3.63, 3.8) is 0 Å². The standard InChI is InChI=1S/C15H32O5/c1-14(2,3)19-9-7-17-11-13(16)12-18-8-10-20-15(4,5)6/h13,16H,7-12H2,1-6H3. The highest BCUT2D eigenvalue weighted by atomic mass is 16.6. The Bertz CT molecular complexity index is 205. The normalized spacial score (nSPS) is 13.2. The Balaban J connectivity index is 3.35. The summed E-state index contributed by atoms with van der Waals surface area (Å²) in [5.74, 6) is 0. The highest BCUT2D eigenvalue weighted by molar-refractivity contribution is 4.59. The summed E-state index contributed by atoms with van der Waals surface area (Å²) in [6, 6.07) is 0. The van der Waals surface area contributed by atoms with Crippen LogP contribution >= 0.6 is 0 Å². The van der Waals surface area contributed by atoms with Crippen LogP contribution in [0.5, 0.6) is 0 Å². The molecule has 122 valence electrons. The third-order valence-electron chi connectivity index (χ3n) is 2.15. The van der Waals surface area contributed by atoms with Gasteiger partial charge in [0.15, 0.2) is 0 Å². The van der Waals surface area contributed by atoms with E-state index in [4.69, 9.17) is 18.9 Å². The van der Waals surface area contributed by atoms with Crippen molar-refractivity contribution in [1.29, 1.82) is 0 Å². The van der Waals surface area contributed by atoms with Crippen molar-refractivity contribution in [3.05, 3.63) is 0 Å². The fourth-order valence-electron chi connectivity index (χ4n) is 1.30. The smallest absolute Gasteiger partial charge is 0.101 e. The predicted molar refractivity (Wildman–Crippen MR) is 79.1 cm³/mol. The van der Waals surface area contributed by atoms with E-state index >= 15 is 0 Å². The van der Waals surface area contributed by atoms with E-state index in [-0.39, 0.29) is 24.4 Å². The first kappa shape index (κ1) is 19.8. The van der Waals surface area contributed by atoms with Gasteiger partial charge in [0.05, 0.1) is 50.8 Å². The molecule has 0 aromatic rings. The maximum absolute atomic E-state index is 9.64. The van der Waals surface area contributed by atoms with Crippen LogP contribution in [0.25, 0.3) is 0 Å². The summed E-state index contributed by atoms with van der Waals surface area (Å²) in [5.41, 5.74) is -0.309. The van der Waals surface area contributed by atoms with E-state index in [1.54, 1.807) is 0 Å². The van der Waals surface area contributed by atoms with Crippen molar-refractivity contribution in [2.75, 3.05) is 39.6 Å². The van der Waals surface area contributed by atoms with E-state index in [1.807, 2.05) is 41.5 Å². The molecule has 0 unspecified atom stereocenters. The Morgan fingerprint density at radius 1 is 0.700 bits per heavy atom. The van der Waals surface area contributed by atoms with Gasteiger partial charge in [0.2, 0.25) is 0 Å². The summed E-state index contributed by atoms with van der Waals surface area (Å²) in [4.78, 5) is 0. The molecular formula is C15H32O5. The minimum absolute atomic E-state index is 0.155. The lowest BCUT2D eigenvalue weighted by Crippen LogP contribution is -2.27. The summed E-state index contributed by atoms with van der Waals surface area (Å²) in [7, 11) is 0. The molecule has 1 N–H and O–H groups in total. The second-order valence-corrected chi connectivity index (χ2v) is 6.73. The molecule has 0 amide bonds. The summed E-state index contributed by atoms with van der Waals surface area (Å²) in [6.45, 7) is 14.5. The fraction of sp³-hybridized carbons (Fsp3) is 1.00. The van der Waals surface area contributed by atoms with Crippen LogP contribution in [-0.2, 0) is 18.9 Å². The van der Waals surface area contributed by atoms with Crippen molar-refractivity contribution >= 4 is 0 Å². The number of aliphatic hydroxyl groups is 1. The summed E-state index contributed by atoms with van der Waals surface area (Å²) >= 11 is 0. The lowest BCUT2D eigenvalue weighted by atomic mass is 10.2. The molecule has 0 aromatic heterocycles. The van der Waals surface area contributed by atoms with Gasteiger partial charge >= 0.3 is 0 Å². The average Bonchev–Trinajstić information content (AvgIpc) is 2.25. The van der Waals surface area contributed by atoms with E-state index in [9.17, 15) is 5.11 Å². The van der Waals surface area contributed by atoms with Crippen LogP contribution in [0, 0.1) is 0 Å². The van der Waals surface area contributed by atoms with Crippen LogP contribution < -0.4 is 0 Å². The molecule has 0 bridgehead atoms. The largest absolute Gasteiger partial charge is 0.388 e. The van der Waals surface area contributed by atoms with E-state index in [0.29, 0.717) is 26.4 Å². The van der Waals surface area contributed by atoms with E-state index in [0.717, 1.165) is 0 Å². The van der Waals surface area contributed by atoms with E-state index in [2.05, 4.69) is 0 Å². The van der Waals surface area contributed by atoms with E-state index < -0.39 is 6.10 Å². The third kappa shape index (κ3) is 15.9. The van der Waals surface area contributed by atoms with Crippen molar-refractivity contribution in [1.82, 2.24) is 0 Å². The Morgan fingerprint density at radius 3 is 1.35 bits per heavy atom. The third-order valence-corrected chi connectivity index (χ3v) is 2.15. The maximum atomic E-state index is 9.64. The fourth-order valence-corrected chi connectivity index (χ4v) is 1.30. The minimum atomic E-state index is -0.612. The first-order chi connectivity index (χ1) is 9.10. The summed E-state index contributed by atoms with van der Waals surface area (Å²) in [6.07, 6.45) is -0.612. The summed E-state index contributed by atoms with van der Waals surface area (Å²) < 4.78 is 21.6. The second-order valence-electron chi connectivity index (χ2n) is 6.73. The van der Waals surface area contributed by atoms with Gasteiger partial charge in [0, 0.05) is 0 Å². The van der Waals surface area contributed by atoms with Crippen molar-refractivity contribution in [3.8, 4) is 0 Å². The molecule has 0 saturated carbocycles. The van der Waals surface area contributed by atoms with Gasteiger partial charge in [-0.3, -0.25) is 0 Å². The van der Waals surface area contributed by atoms with Gasteiger partial charge in [-0.25, -0.2) is 0 Å². The van der Waals surface area contributed by atoms with Crippen LogP contribution in [0.4, 0.5) is 0 Å². The van der Waals surface area contributed by atoms with Crippen LogP contribution in [0.15, 0.2) is 0 Å². The van der Waals surface area contributed by atoms with Gasteiger partial charge < -0.3 is 24.1 Å². The van der Waals surface area contributed by atoms with Gasteiger partial charge in [-0.05, 0) is 41.5 Å². The highest BCUT2D eigenvalue weighted by Gasteiger charge is 2.11. The molecule has 20 heavy (non-hydrogen) atoms. The molecule has 0 rings (SSSR count). The van der Waals surface area contributed by atoms with Gasteiger partial charge in [-0.2, -0.15) is 0 Å². The minimum Gasteiger partial charge on any atom is -0.388 e. The molecule has 0 saturated heterocycles. The number of hydrogen-bond acceptors (Lipinski definition) is 5. The van der Waals surface area contributed by atoms with Crippen molar-refractivity contribution in [2.24, 2.45) is 0 Å². The zero-order valence-electron chi connectivity index (χ0n) is 13.9. The van der Waals surface area contributed by atoms with Crippen LogP contribution in [0.3, 0.4) is 0 Å². The predicted octanol–water partition coefficient (Wildman–Crippen LogP) is 2.01. The monoisotopic (exact) mass is 292 g/mol. The summed E-state index contributed by atoms with van der Waals surface area (Å²) in [5, 5.41) is 9.64.